The normalized spacial score (nSPS) is 16.4. The number of nitrogens with two attached hydrogens (primary N) is 2. The molecule has 0 aliphatic rings. The van der Waals surface area contributed by atoms with E-state index in [1.165, 1.54) is 0 Å². The van der Waals surface area contributed by atoms with E-state index in [-0.39, 0.29) is 0 Å². The van der Waals surface area contributed by atoms with Gasteiger partial charge in [-0.05, 0) is 20.3 Å². The van der Waals surface area contributed by atoms with Gasteiger partial charge in [0.1, 0.15) is 18.1 Å². The van der Waals surface area contributed by atoms with Crippen LogP contribution in [0, 0.1) is 0 Å². The molecule has 4 amide bonds. The molecule has 0 bridgehead atoms. The van der Waals surface area contributed by atoms with Crippen molar-refractivity contribution >= 4 is 35.6 Å². The fraction of sp³-hybridized carbons (Fsp3) is 0.647. The summed E-state index contributed by atoms with van der Waals surface area (Å²) >= 11 is 0. The van der Waals surface area contributed by atoms with Crippen LogP contribution in [0.1, 0.15) is 33.1 Å². The lowest BCUT2D eigenvalue weighted by Gasteiger charge is -2.27. The molecule has 0 rings (SSSR count). The Hall–Kier alpha value is -3.30. The highest BCUT2D eigenvalue weighted by atomic mass is 16.4. The number of carboxylic acid groups (broad SMARTS) is 2. The highest BCUT2D eigenvalue weighted by Gasteiger charge is 2.34. The summed E-state index contributed by atoms with van der Waals surface area (Å²) in [6.07, 6.45) is -4.60. The minimum Gasteiger partial charge on any atom is -0.481 e. The van der Waals surface area contributed by atoms with Crippen molar-refractivity contribution in [1.29, 1.82) is 0 Å². The first-order valence-corrected chi connectivity index (χ1v) is 9.43. The second-order valence-electron chi connectivity index (χ2n) is 7.06. The molecular weight excluding hydrogens is 434 g/mol. The second-order valence-corrected chi connectivity index (χ2v) is 7.06. The maximum atomic E-state index is 12.5. The summed E-state index contributed by atoms with van der Waals surface area (Å²) in [6.45, 7) is 2.24. The molecule has 15 heteroatoms. The van der Waals surface area contributed by atoms with Gasteiger partial charge >= 0.3 is 11.9 Å². The monoisotopic (exact) mass is 463 g/mol. The number of aliphatic hydroxyl groups excluding tert-OH is 2. The van der Waals surface area contributed by atoms with Crippen LogP contribution in [0.5, 0.6) is 0 Å². The molecule has 11 N–H and O–H groups in total. The maximum Gasteiger partial charge on any atom is 0.326 e. The minimum absolute atomic E-state index is 0.457. The van der Waals surface area contributed by atoms with Crippen LogP contribution in [0.25, 0.3) is 0 Å². The SMILES string of the molecule is CC(O)C(NC(=O)C(N)CC(N)=O)C(=O)NC(C(=O)NC(CCC(=O)O)C(=O)O)C(C)O. The summed E-state index contributed by atoms with van der Waals surface area (Å²) < 4.78 is 0. The van der Waals surface area contributed by atoms with E-state index in [2.05, 4.69) is 10.6 Å². The van der Waals surface area contributed by atoms with Crippen LogP contribution in [0.3, 0.4) is 0 Å². The van der Waals surface area contributed by atoms with Gasteiger partial charge in [-0.1, -0.05) is 0 Å². The molecule has 0 fully saturated rings. The summed E-state index contributed by atoms with van der Waals surface area (Å²) in [4.78, 5) is 69.7. The Kier molecular flexibility index (Phi) is 11.8. The summed E-state index contributed by atoms with van der Waals surface area (Å²) in [5.41, 5.74) is 10.4. The molecule has 6 unspecified atom stereocenters. The third kappa shape index (κ3) is 10.1. The number of carboxylic acids is 2. The molecule has 0 aromatic heterocycles. The van der Waals surface area contributed by atoms with Crippen molar-refractivity contribution in [3.8, 4) is 0 Å². The first kappa shape index (κ1) is 28.7. The second kappa shape index (κ2) is 13.2. The van der Waals surface area contributed by atoms with Gasteiger partial charge in [-0.25, -0.2) is 4.79 Å². The number of rotatable bonds is 14. The smallest absolute Gasteiger partial charge is 0.326 e. The van der Waals surface area contributed by atoms with Crippen molar-refractivity contribution in [2.45, 2.75) is 69.5 Å². The quantitative estimate of drug-likeness (QED) is 0.118. The number of primary amides is 1. The first-order chi connectivity index (χ1) is 14.7. The molecule has 0 aromatic rings. The van der Waals surface area contributed by atoms with E-state index in [1.807, 2.05) is 5.32 Å². The Bertz CT molecular complexity index is 727. The van der Waals surface area contributed by atoms with Gasteiger partial charge in [-0.15, -0.1) is 0 Å². The predicted molar refractivity (Wildman–Crippen MR) is 105 cm³/mol. The standard InChI is InChI=1S/C17H29N5O10/c1-6(23)12(15(29)20-9(17(31)32)3-4-11(26)27)22-16(30)13(7(2)24)21-14(28)8(18)5-10(19)25/h6-9,12-13,23-24H,3-5,18H2,1-2H3,(H2,19,25)(H,20,29)(H,21,28)(H,22,30)(H,26,27)(H,31,32). The molecular formula is C17H29N5O10. The minimum atomic E-state index is -1.72. The van der Waals surface area contributed by atoms with Gasteiger partial charge in [0, 0.05) is 6.42 Å². The van der Waals surface area contributed by atoms with E-state index >= 15 is 0 Å². The molecule has 0 heterocycles. The topological polar surface area (TPSA) is 271 Å². The van der Waals surface area contributed by atoms with E-state index in [0.29, 0.717) is 0 Å². The molecule has 0 saturated carbocycles. The lowest BCUT2D eigenvalue weighted by molar-refractivity contribution is -0.144. The molecule has 0 aliphatic carbocycles. The zero-order valence-electron chi connectivity index (χ0n) is 17.5. The maximum absolute atomic E-state index is 12.5. The van der Waals surface area contributed by atoms with Crippen LogP contribution in [0.15, 0.2) is 0 Å². The van der Waals surface area contributed by atoms with Gasteiger partial charge in [-0.3, -0.25) is 24.0 Å². The van der Waals surface area contributed by atoms with E-state index < -0.39 is 91.2 Å². The number of nitrogens with one attached hydrogen (secondary N) is 3. The number of carbonyl (C=O) groups excluding carboxylic acids is 4. The molecule has 0 saturated heterocycles. The Labute approximate surface area is 182 Å². The van der Waals surface area contributed by atoms with Crippen LogP contribution in [0.4, 0.5) is 0 Å². The number of aliphatic carboxylic acids is 2. The van der Waals surface area contributed by atoms with Crippen molar-refractivity contribution in [1.82, 2.24) is 16.0 Å². The van der Waals surface area contributed by atoms with E-state index in [1.54, 1.807) is 0 Å². The van der Waals surface area contributed by atoms with Crippen LogP contribution < -0.4 is 27.4 Å². The zero-order valence-corrected chi connectivity index (χ0v) is 17.5. The average Bonchev–Trinajstić information content (AvgIpc) is 2.65. The molecule has 0 spiro atoms. The number of carbonyl (C=O) groups is 6. The largest absolute Gasteiger partial charge is 0.481 e. The van der Waals surface area contributed by atoms with E-state index in [9.17, 15) is 39.0 Å². The molecule has 15 nitrogen and oxygen atoms in total. The van der Waals surface area contributed by atoms with Crippen molar-refractivity contribution in [2.75, 3.05) is 0 Å². The summed E-state index contributed by atoms with van der Waals surface area (Å²) in [7, 11) is 0. The van der Waals surface area contributed by atoms with Crippen molar-refractivity contribution in [3.63, 3.8) is 0 Å². The summed E-state index contributed by atoms with van der Waals surface area (Å²) in [6, 6.07) is -6.40. The van der Waals surface area contributed by atoms with Crippen molar-refractivity contribution in [2.24, 2.45) is 11.5 Å². The van der Waals surface area contributed by atoms with Crippen LogP contribution in [-0.4, -0.2) is 92.4 Å². The van der Waals surface area contributed by atoms with Crippen molar-refractivity contribution < 1.29 is 49.2 Å². The number of aliphatic hydroxyl groups is 2. The zero-order chi connectivity index (χ0) is 25.2. The van der Waals surface area contributed by atoms with E-state index in [4.69, 9.17) is 21.7 Å². The lowest BCUT2D eigenvalue weighted by Crippen LogP contribution is -2.62. The molecule has 0 aromatic carbocycles. The predicted octanol–water partition coefficient (Wildman–Crippen LogP) is -4.65. The molecule has 32 heavy (non-hydrogen) atoms. The fourth-order valence-corrected chi connectivity index (χ4v) is 2.41. The Morgan fingerprint density at radius 3 is 1.62 bits per heavy atom. The molecule has 182 valence electrons. The number of hydrogen-bond acceptors (Lipinski definition) is 9. The fourth-order valence-electron chi connectivity index (χ4n) is 2.41. The van der Waals surface area contributed by atoms with Gasteiger partial charge in [0.25, 0.3) is 0 Å². The molecule has 6 atom stereocenters. The highest BCUT2D eigenvalue weighted by Crippen LogP contribution is 2.03. The highest BCUT2D eigenvalue weighted by molar-refractivity contribution is 5.95. The van der Waals surface area contributed by atoms with Crippen LogP contribution in [0.2, 0.25) is 0 Å². The number of hydrogen-bond donors (Lipinski definition) is 9. The van der Waals surface area contributed by atoms with Gasteiger partial charge in [0.15, 0.2) is 0 Å². The first-order valence-electron chi connectivity index (χ1n) is 9.43. The van der Waals surface area contributed by atoms with Crippen LogP contribution in [-0.2, 0) is 28.8 Å². The molecule has 0 aliphatic heterocycles. The van der Waals surface area contributed by atoms with Gasteiger partial charge < -0.3 is 47.8 Å². The third-order valence-electron chi connectivity index (χ3n) is 4.14. The summed E-state index contributed by atoms with van der Waals surface area (Å²) in [5, 5.41) is 43.6. The Balaban J connectivity index is 5.36. The lowest BCUT2D eigenvalue weighted by atomic mass is 10.1. The average molecular weight is 463 g/mol. The molecule has 0 radical (unpaired) electrons. The Morgan fingerprint density at radius 1 is 0.812 bits per heavy atom. The Morgan fingerprint density at radius 2 is 1.25 bits per heavy atom. The van der Waals surface area contributed by atoms with Gasteiger partial charge in [0.2, 0.25) is 23.6 Å². The van der Waals surface area contributed by atoms with E-state index in [0.717, 1.165) is 13.8 Å². The van der Waals surface area contributed by atoms with Crippen molar-refractivity contribution in [3.05, 3.63) is 0 Å². The number of amides is 4. The third-order valence-corrected chi connectivity index (χ3v) is 4.14. The summed E-state index contributed by atoms with van der Waals surface area (Å²) in [5.74, 6) is -6.98. The van der Waals surface area contributed by atoms with Crippen LogP contribution >= 0.6 is 0 Å². The van der Waals surface area contributed by atoms with Gasteiger partial charge in [-0.2, -0.15) is 0 Å². The van der Waals surface area contributed by atoms with Gasteiger partial charge in [0.05, 0.1) is 24.7 Å².